The Balaban J connectivity index is 2.25. The van der Waals surface area contributed by atoms with Gasteiger partial charge in [0.1, 0.15) is 17.5 Å². The topological polar surface area (TPSA) is 29.1 Å². The maximum atomic E-state index is 13.6. The molecule has 1 N–H and O–H groups in total. The molecule has 0 aliphatic rings. The Morgan fingerprint density at radius 3 is 2.37 bits per heavy atom. The molecule has 0 saturated heterocycles. The van der Waals surface area contributed by atoms with Gasteiger partial charge in [-0.25, -0.2) is 13.2 Å². The van der Waals surface area contributed by atoms with Crippen molar-refractivity contribution in [2.75, 3.05) is 5.32 Å². The minimum Gasteiger partial charge on any atom is -0.319 e. The van der Waals surface area contributed by atoms with E-state index < -0.39 is 23.4 Å². The molecule has 2 aromatic carbocycles. The van der Waals surface area contributed by atoms with Crippen LogP contribution in [0.2, 0.25) is 0 Å². The van der Waals surface area contributed by atoms with Crippen molar-refractivity contribution in [1.82, 2.24) is 0 Å². The number of hydrogen-bond donors (Lipinski definition) is 1. The zero-order valence-electron chi connectivity index (χ0n) is 10.0. The first-order chi connectivity index (χ1) is 8.97. The smallest absolute Gasteiger partial charge is 0.258 e. The highest BCUT2D eigenvalue weighted by Gasteiger charge is 2.14. The van der Waals surface area contributed by atoms with Gasteiger partial charge in [0, 0.05) is 6.07 Å². The van der Waals surface area contributed by atoms with Crippen LogP contribution in [-0.4, -0.2) is 5.91 Å². The average molecular weight is 265 g/mol. The van der Waals surface area contributed by atoms with Crippen molar-refractivity contribution in [3.63, 3.8) is 0 Å². The Kier molecular flexibility index (Phi) is 3.55. The zero-order chi connectivity index (χ0) is 14.0. The first-order valence-electron chi connectivity index (χ1n) is 5.50. The summed E-state index contributed by atoms with van der Waals surface area (Å²) >= 11 is 0. The lowest BCUT2D eigenvalue weighted by molar-refractivity contribution is 0.102. The maximum absolute atomic E-state index is 13.6. The lowest BCUT2D eigenvalue weighted by atomic mass is 10.1. The minimum absolute atomic E-state index is 0.200. The van der Waals surface area contributed by atoms with Crippen molar-refractivity contribution >= 4 is 11.6 Å². The lowest BCUT2D eigenvalue weighted by Crippen LogP contribution is -2.14. The van der Waals surface area contributed by atoms with Crippen molar-refractivity contribution in [3.8, 4) is 0 Å². The Morgan fingerprint density at radius 1 is 1.00 bits per heavy atom. The summed E-state index contributed by atoms with van der Waals surface area (Å²) in [4.78, 5) is 11.8. The molecular formula is C14H10F3NO. The van der Waals surface area contributed by atoms with E-state index in [2.05, 4.69) is 5.32 Å². The van der Waals surface area contributed by atoms with E-state index in [0.717, 1.165) is 12.1 Å². The molecule has 0 aliphatic carbocycles. The molecule has 0 unspecified atom stereocenters. The molecule has 1 amide bonds. The number of halogens is 3. The minimum atomic E-state index is -0.916. The summed E-state index contributed by atoms with van der Waals surface area (Å²) in [7, 11) is 0. The second kappa shape index (κ2) is 5.14. The van der Waals surface area contributed by atoms with Crippen LogP contribution in [0, 0.1) is 24.4 Å². The molecule has 0 aliphatic heterocycles. The monoisotopic (exact) mass is 265 g/mol. The Bertz CT molecular complexity index is 641. The Labute approximate surface area is 107 Å². The molecule has 0 radical (unpaired) electrons. The fourth-order valence-corrected chi connectivity index (χ4v) is 1.58. The van der Waals surface area contributed by atoms with Gasteiger partial charge in [-0.15, -0.1) is 0 Å². The number of nitrogens with one attached hydrogen (secondary N) is 1. The standard InChI is InChI=1S/C14H10F3NO/c1-8-2-4-10(11(16)6-8)14(19)18-13-5-3-9(15)7-12(13)17/h2-7H,1H3,(H,18,19). The van der Waals surface area contributed by atoms with E-state index in [0.29, 0.717) is 11.6 Å². The van der Waals surface area contributed by atoms with Crippen molar-refractivity contribution in [2.24, 2.45) is 0 Å². The van der Waals surface area contributed by atoms with Crippen LogP contribution >= 0.6 is 0 Å². The quantitative estimate of drug-likeness (QED) is 0.882. The van der Waals surface area contributed by atoms with Gasteiger partial charge in [-0.1, -0.05) is 6.07 Å². The highest BCUT2D eigenvalue weighted by Crippen LogP contribution is 2.17. The van der Waals surface area contributed by atoms with Gasteiger partial charge in [0.25, 0.3) is 5.91 Å². The van der Waals surface area contributed by atoms with Gasteiger partial charge in [-0.05, 0) is 36.8 Å². The second-order valence-corrected chi connectivity index (χ2v) is 4.06. The molecule has 19 heavy (non-hydrogen) atoms. The summed E-state index contributed by atoms with van der Waals surface area (Å²) in [5.41, 5.74) is 0.266. The first kappa shape index (κ1) is 13.1. The largest absolute Gasteiger partial charge is 0.319 e. The third-order valence-corrected chi connectivity index (χ3v) is 2.55. The normalized spacial score (nSPS) is 10.3. The zero-order valence-corrected chi connectivity index (χ0v) is 10.0. The molecule has 0 fully saturated rings. The highest BCUT2D eigenvalue weighted by atomic mass is 19.1. The second-order valence-electron chi connectivity index (χ2n) is 4.06. The van der Waals surface area contributed by atoms with E-state index >= 15 is 0 Å². The molecule has 2 nitrogen and oxygen atoms in total. The van der Waals surface area contributed by atoms with Crippen LogP contribution in [0.4, 0.5) is 18.9 Å². The predicted molar refractivity (Wildman–Crippen MR) is 65.4 cm³/mol. The number of aryl methyl sites for hydroxylation is 1. The SMILES string of the molecule is Cc1ccc(C(=O)Nc2ccc(F)cc2F)c(F)c1. The third kappa shape index (κ3) is 2.93. The molecule has 0 atom stereocenters. The molecule has 98 valence electrons. The fraction of sp³-hybridized carbons (Fsp3) is 0.0714. The van der Waals surface area contributed by atoms with Gasteiger partial charge in [0.15, 0.2) is 0 Å². The van der Waals surface area contributed by atoms with Crippen LogP contribution < -0.4 is 5.32 Å². The van der Waals surface area contributed by atoms with Gasteiger partial charge in [0.05, 0.1) is 11.3 Å². The van der Waals surface area contributed by atoms with Crippen molar-refractivity contribution in [2.45, 2.75) is 6.92 Å². The van der Waals surface area contributed by atoms with Gasteiger partial charge in [-0.3, -0.25) is 4.79 Å². The van der Waals surface area contributed by atoms with Gasteiger partial charge in [0.2, 0.25) is 0 Å². The summed E-state index contributed by atoms with van der Waals surface area (Å²) in [6.07, 6.45) is 0. The number of rotatable bonds is 2. The van der Waals surface area contributed by atoms with E-state index in [1.807, 2.05) is 0 Å². The molecule has 0 aromatic heterocycles. The number of carbonyl (C=O) groups excluding carboxylic acids is 1. The van der Waals surface area contributed by atoms with Gasteiger partial charge >= 0.3 is 0 Å². The van der Waals surface area contributed by atoms with Crippen LogP contribution in [0.3, 0.4) is 0 Å². The van der Waals surface area contributed by atoms with Crippen molar-refractivity contribution in [1.29, 1.82) is 0 Å². The molecular weight excluding hydrogens is 255 g/mol. The number of benzene rings is 2. The molecule has 0 saturated carbocycles. The van der Waals surface area contributed by atoms with Crippen LogP contribution in [0.1, 0.15) is 15.9 Å². The van der Waals surface area contributed by atoms with Crippen molar-refractivity contribution in [3.05, 3.63) is 65.0 Å². The van der Waals surface area contributed by atoms with E-state index in [1.54, 1.807) is 13.0 Å². The summed E-state index contributed by atoms with van der Waals surface area (Å²) in [6, 6.07) is 6.80. The Morgan fingerprint density at radius 2 is 1.74 bits per heavy atom. The van der Waals surface area contributed by atoms with E-state index in [-0.39, 0.29) is 11.3 Å². The molecule has 0 heterocycles. The molecule has 5 heteroatoms. The number of hydrogen-bond acceptors (Lipinski definition) is 1. The van der Waals surface area contributed by atoms with Crippen LogP contribution in [0.5, 0.6) is 0 Å². The fourth-order valence-electron chi connectivity index (χ4n) is 1.58. The predicted octanol–water partition coefficient (Wildman–Crippen LogP) is 3.66. The maximum Gasteiger partial charge on any atom is 0.258 e. The molecule has 2 aromatic rings. The number of anilines is 1. The van der Waals surface area contributed by atoms with Crippen molar-refractivity contribution < 1.29 is 18.0 Å². The molecule has 0 spiro atoms. The number of amides is 1. The highest BCUT2D eigenvalue weighted by molar-refractivity contribution is 6.04. The van der Waals surface area contributed by atoms with E-state index in [9.17, 15) is 18.0 Å². The summed E-state index contributed by atoms with van der Waals surface area (Å²) in [5.74, 6) is -3.15. The molecule has 2 rings (SSSR count). The van der Waals surface area contributed by atoms with Gasteiger partial charge in [-0.2, -0.15) is 0 Å². The summed E-state index contributed by atoms with van der Waals surface area (Å²) in [6.45, 7) is 1.68. The average Bonchev–Trinajstić information content (AvgIpc) is 2.32. The summed E-state index contributed by atoms with van der Waals surface area (Å²) in [5, 5.41) is 2.19. The number of carbonyl (C=O) groups is 1. The van der Waals surface area contributed by atoms with Gasteiger partial charge < -0.3 is 5.32 Å². The van der Waals surface area contributed by atoms with Crippen LogP contribution in [0.15, 0.2) is 36.4 Å². The molecule has 0 bridgehead atoms. The third-order valence-electron chi connectivity index (χ3n) is 2.55. The van der Waals surface area contributed by atoms with E-state index in [1.165, 1.54) is 12.1 Å². The lowest BCUT2D eigenvalue weighted by Gasteiger charge is -2.07. The Hall–Kier alpha value is -2.30. The van der Waals surface area contributed by atoms with Crippen LogP contribution in [0.25, 0.3) is 0 Å². The van der Waals surface area contributed by atoms with E-state index in [4.69, 9.17) is 0 Å². The summed E-state index contributed by atoms with van der Waals surface area (Å²) < 4.78 is 39.6. The first-order valence-corrected chi connectivity index (χ1v) is 5.50. The van der Waals surface area contributed by atoms with Crippen LogP contribution in [-0.2, 0) is 0 Å².